The summed E-state index contributed by atoms with van der Waals surface area (Å²) < 4.78 is 0. The van der Waals surface area contributed by atoms with E-state index in [2.05, 4.69) is 32.6 Å². The van der Waals surface area contributed by atoms with Gasteiger partial charge >= 0.3 is 0 Å². The van der Waals surface area contributed by atoms with E-state index in [1.54, 1.807) is 0 Å². The Morgan fingerprint density at radius 2 is 1.56 bits per heavy atom. The Balaban J connectivity index is 2.79. The predicted molar refractivity (Wildman–Crippen MR) is 108 cm³/mol. The first-order valence-electron chi connectivity index (χ1n) is 10.9. The van der Waals surface area contributed by atoms with Crippen molar-refractivity contribution in [3.63, 3.8) is 0 Å². The highest BCUT2D eigenvalue weighted by atomic mass is 16.1. The van der Waals surface area contributed by atoms with Crippen LogP contribution in [0.25, 0.3) is 0 Å². The molecule has 0 spiro atoms. The van der Waals surface area contributed by atoms with Crippen molar-refractivity contribution in [1.82, 2.24) is 4.90 Å². The summed E-state index contributed by atoms with van der Waals surface area (Å²) in [5.74, 6) is 2.12. The third kappa shape index (κ3) is 7.50. The minimum absolute atomic E-state index is 0.118. The van der Waals surface area contributed by atoms with E-state index in [0.29, 0.717) is 29.9 Å². The molecule has 0 radical (unpaired) electrons. The Bertz CT molecular complexity index is 375. The molecule has 3 nitrogen and oxygen atoms in total. The Morgan fingerprint density at radius 1 is 1.04 bits per heavy atom. The van der Waals surface area contributed by atoms with Crippen LogP contribution in [0.4, 0.5) is 0 Å². The van der Waals surface area contributed by atoms with Crippen LogP contribution < -0.4 is 0 Å². The first-order chi connectivity index (χ1) is 12.1. The van der Waals surface area contributed by atoms with Crippen molar-refractivity contribution >= 4 is 11.6 Å². The topological polar surface area (TPSA) is 44.2 Å². The van der Waals surface area contributed by atoms with Gasteiger partial charge in [0.1, 0.15) is 11.6 Å². The minimum Gasteiger partial charge on any atom is -0.359 e. The summed E-state index contributed by atoms with van der Waals surface area (Å²) in [6, 6.07) is 0. The second-order valence-electron chi connectivity index (χ2n) is 8.03. The van der Waals surface area contributed by atoms with Gasteiger partial charge < -0.3 is 4.90 Å². The van der Waals surface area contributed by atoms with Gasteiger partial charge in [-0.1, -0.05) is 66.2 Å². The second kappa shape index (κ2) is 12.5. The number of unbranched alkanes of at least 4 members (excludes halogenated alkanes) is 2. The number of Topliss-reactive ketones (excluding diaryl/α,β-unsaturated/α-hetero) is 1. The van der Waals surface area contributed by atoms with E-state index in [1.165, 1.54) is 51.4 Å². The summed E-state index contributed by atoms with van der Waals surface area (Å²) in [6.45, 7) is 11.0. The van der Waals surface area contributed by atoms with Crippen LogP contribution in [0.5, 0.6) is 0 Å². The standard InChI is InChI=1S/C22H42N2O/c1-5-9-12-18(7-3)16-24(17-19(8-4)13-10-6-2)22(23)20-14-11-15-21(20)25/h18-20,23H,5-17H2,1-4H3. The Hall–Kier alpha value is -0.860. The lowest BCUT2D eigenvalue weighted by atomic mass is 9.94. The molecule has 1 fully saturated rings. The Morgan fingerprint density at radius 3 is 1.92 bits per heavy atom. The van der Waals surface area contributed by atoms with E-state index in [9.17, 15) is 4.79 Å². The zero-order valence-electron chi connectivity index (χ0n) is 17.3. The Labute approximate surface area is 156 Å². The van der Waals surface area contributed by atoms with E-state index >= 15 is 0 Å². The molecule has 0 amide bonds. The molecule has 3 heteroatoms. The van der Waals surface area contributed by atoms with Crippen LogP contribution in [0.3, 0.4) is 0 Å². The van der Waals surface area contributed by atoms with Crippen LogP contribution in [0.1, 0.15) is 98.3 Å². The monoisotopic (exact) mass is 350 g/mol. The predicted octanol–water partition coefficient (Wildman–Crippen LogP) is 6.07. The first kappa shape index (κ1) is 22.2. The summed E-state index contributed by atoms with van der Waals surface area (Å²) in [4.78, 5) is 14.5. The zero-order chi connectivity index (χ0) is 18.7. The molecule has 0 aliphatic heterocycles. The van der Waals surface area contributed by atoms with Gasteiger partial charge in [-0.05, 0) is 37.5 Å². The highest BCUT2D eigenvalue weighted by molar-refractivity contribution is 6.03. The molecule has 3 atom stereocenters. The van der Waals surface area contributed by atoms with Crippen molar-refractivity contribution in [3.05, 3.63) is 0 Å². The number of ketones is 1. The number of hydrogen-bond acceptors (Lipinski definition) is 2. The van der Waals surface area contributed by atoms with E-state index < -0.39 is 0 Å². The molecule has 1 aliphatic rings. The molecule has 3 unspecified atom stereocenters. The van der Waals surface area contributed by atoms with Gasteiger partial charge in [-0.15, -0.1) is 0 Å². The van der Waals surface area contributed by atoms with Gasteiger partial charge in [0.25, 0.3) is 0 Å². The summed E-state index contributed by atoms with van der Waals surface area (Å²) in [5, 5.41) is 8.77. The van der Waals surface area contributed by atoms with Crippen LogP contribution in [-0.4, -0.2) is 29.6 Å². The lowest BCUT2D eigenvalue weighted by Gasteiger charge is -2.34. The second-order valence-corrected chi connectivity index (χ2v) is 8.03. The zero-order valence-corrected chi connectivity index (χ0v) is 17.3. The van der Waals surface area contributed by atoms with Crippen LogP contribution in [0.15, 0.2) is 0 Å². The fourth-order valence-corrected chi connectivity index (χ4v) is 4.05. The molecule has 1 saturated carbocycles. The van der Waals surface area contributed by atoms with Crippen molar-refractivity contribution in [3.8, 4) is 0 Å². The number of hydrogen-bond donors (Lipinski definition) is 1. The average molecular weight is 351 g/mol. The maximum atomic E-state index is 12.2. The molecule has 0 heterocycles. The lowest BCUT2D eigenvalue weighted by molar-refractivity contribution is -0.119. The fraction of sp³-hybridized carbons (Fsp3) is 0.909. The highest BCUT2D eigenvalue weighted by Crippen LogP contribution is 2.26. The van der Waals surface area contributed by atoms with Gasteiger partial charge in [0.2, 0.25) is 0 Å². The van der Waals surface area contributed by atoms with Crippen molar-refractivity contribution in [1.29, 1.82) is 5.41 Å². The van der Waals surface area contributed by atoms with Crippen molar-refractivity contribution < 1.29 is 4.79 Å². The maximum Gasteiger partial charge on any atom is 0.143 e. The van der Waals surface area contributed by atoms with Gasteiger partial charge in [0.15, 0.2) is 0 Å². The summed E-state index contributed by atoms with van der Waals surface area (Å²) >= 11 is 0. The molecule has 0 aromatic heterocycles. The van der Waals surface area contributed by atoms with Gasteiger partial charge in [-0.25, -0.2) is 0 Å². The van der Waals surface area contributed by atoms with Crippen molar-refractivity contribution in [2.75, 3.05) is 13.1 Å². The van der Waals surface area contributed by atoms with E-state index in [4.69, 9.17) is 5.41 Å². The lowest BCUT2D eigenvalue weighted by Crippen LogP contribution is -2.42. The largest absolute Gasteiger partial charge is 0.359 e. The summed E-state index contributed by atoms with van der Waals surface area (Å²) in [6.07, 6.45) is 12.4. The third-order valence-corrected chi connectivity index (χ3v) is 6.02. The van der Waals surface area contributed by atoms with Gasteiger partial charge in [0, 0.05) is 19.5 Å². The first-order valence-corrected chi connectivity index (χ1v) is 10.9. The molecule has 25 heavy (non-hydrogen) atoms. The number of carbonyl (C=O) groups is 1. The van der Waals surface area contributed by atoms with Crippen LogP contribution in [-0.2, 0) is 4.79 Å². The number of amidine groups is 1. The summed E-state index contributed by atoms with van der Waals surface area (Å²) in [7, 11) is 0. The number of nitrogens with zero attached hydrogens (tertiary/aromatic N) is 1. The molecule has 1 aliphatic carbocycles. The molecular weight excluding hydrogens is 308 g/mol. The molecule has 0 aromatic rings. The van der Waals surface area contributed by atoms with Gasteiger partial charge in [-0.3, -0.25) is 10.2 Å². The number of rotatable bonds is 13. The van der Waals surface area contributed by atoms with Gasteiger partial charge in [-0.2, -0.15) is 0 Å². The molecule has 0 aromatic carbocycles. The smallest absolute Gasteiger partial charge is 0.143 e. The molecule has 1 rings (SSSR count). The van der Waals surface area contributed by atoms with E-state index in [0.717, 1.165) is 25.9 Å². The normalized spacial score (nSPS) is 19.8. The molecule has 0 bridgehead atoms. The fourth-order valence-electron chi connectivity index (χ4n) is 4.05. The quantitative estimate of drug-likeness (QED) is 0.324. The van der Waals surface area contributed by atoms with Crippen molar-refractivity contribution in [2.45, 2.75) is 98.3 Å². The number of nitrogens with one attached hydrogen (secondary N) is 1. The minimum atomic E-state index is -0.118. The molecule has 146 valence electrons. The Kier molecular flexibility index (Phi) is 11.1. The molecular formula is C22H42N2O. The SMILES string of the molecule is CCCCC(CC)CN(CC(CC)CCCC)C(=N)C1CCCC1=O. The van der Waals surface area contributed by atoms with Crippen LogP contribution >= 0.6 is 0 Å². The average Bonchev–Trinajstić information content (AvgIpc) is 3.05. The summed E-state index contributed by atoms with van der Waals surface area (Å²) in [5.41, 5.74) is 0. The van der Waals surface area contributed by atoms with Crippen LogP contribution in [0, 0.1) is 23.2 Å². The maximum absolute atomic E-state index is 12.2. The van der Waals surface area contributed by atoms with Gasteiger partial charge in [0.05, 0.1) is 5.92 Å². The van der Waals surface area contributed by atoms with E-state index in [-0.39, 0.29) is 5.92 Å². The number of carbonyl (C=O) groups excluding carboxylic acids is 1. The van der Waals surface area contributed by atoms with Crippen molar-refractivity contribution in [2.24, 2.45) is 17.8 Å². The highest BCUT2D eigenvalue weighted by Gasteiger charge is 2.32. The van der Waals surface area contributed by atoms with Crippen LogP contribution in [0.2, 0.25) is 0 Å². The molecule has 0 saturated heterocycles. The third-order valence-electron chi connectivity index (χ3n) is 6.02. The van der Waals surface area contributed by atoms with E-state index in [1.807, 2.05) is 0 Å². The molecule has 1 N–H and O–H groups in total.